The lowest BCUT2D eigenvalue weighted by atomic mass is 10.1. The zero-order valence-electron chi connectivity index (χ0n) is 15.1. The molecule has 0 unspecified atom stereocenters. The number of carbonyl (C=O) groups excluding carboxylic acids is 2. The first-order valence-corrected chi connectivity index (χ1v) is 8.68. The largest absolute Gasteiger partial charge is 0.352 e. The SMILES string of the molecule is O=C(NCCc1ccccc1F)c1ccnc(C(=O)Nc2ccc(F)cc2F)c1. The van der Waals surface area contributed by atoms with Crippen LogP contribution >= 0.6 is 0 Å². The molecule has 0 radical (unpaired) electrons. The predicted molar refractivity (Wildman–Crippen MR) is 101 cm³/mol. The van der Waals surface area contributed by atoms with Crippen LogP contribution in [0.15, 0.2) is 60.8 Å². The Bertz CT molecular complexity index is 1060. The maximum atomic E-state index is 13.7. The van der Waals surface area contributed by atoms with Crippen molar-refractivity contribution in [2.24, 2.45) is 0 Å². The van der Waals surface area contributed by atoms with E-state index in [-0.39, 0.29) is 29.3 Å². The monoisotopic (exact) mass is 399 g/mol. The molecule has 1 aromatic heterocycles. The van der Waals surface area contributed by atoms with Gasteiger partial charge in [0.05, 0.1) is 5.69 Å². The van der Waals surface area contributed by atoms with Crippen LogP contribution in [0.3, 0.4) is 0 Å². The van der Waals surface area contributed by atoms with E-state index in [1.165, 1.54) is 24.4 Å². The minimum Gasteiger partial charge on any atom is -0.352 e. The predicted octanol–water partition coefficient (Wildman–Crippen LogP) is 3.72. The molecule has 0 saturated heterocycles. The fourth-order valence-electron chi connectivity index (χ4n) is 2.59. The van der Waals surface area contributed by atoms with Crippen molar-refractivity contribution in [3.8, 4) is 0 Å². The first-order chi connectivity index (χ1) is 13.9. The molecule has 148 valence electrons. The molecule has 0 aliphatic rings. The summed E-state index contributed by atoms with van der Waals surface area (Å²) in [6.07, 6.45) is 1.57. The van der Waals surface area contributed by atoms with Gasteiger partial charge in [0.25, 0.3) is 11.8 Å². The maximum absolute atomic E-state index is 13.7. The van der Waals surface area contributed by atoms with Crippen LogP contribution in [0.5, 0.6) is 0 Å². The molecule has 5 nitrogen and oxygen atoms in total. The molecule has 2 N–H and O–H groups in total. The highest BCUT2D eigenvalue weighted by molar-refractivity contribution is 6.04. The molecule has 0 saturated carbocycles. The van der Waals surface area contributed by atoms with Crippen molar-refractivity contribution in [2.75, 3.05) is 11.9 Å². The molecule has 29 heavy (non-hydrogen) atoms. The molecule has 0 spiro atoms. The molecule has 0 fully saturated rings. The van der Waals surface area contributed by atoms with E-state index in [9.17, 15) is 22.8 Å². The van der Waals surface area contributed by atoms with E-state index in [1.54, 1.807) is 18.2 Å². The third kappa shape index (κ3) is 5.19. The third-order valence-corrected chi connectivity index (χ3v) is 4.07. The van der Waals surface area contributed by atoms with Crippen LogP contribution in [0.1, 0.15) is 26.4 Å². The van der Waals surface area contributed by atoms with Crippen molar-refractivity contribution in [3.05, 3.63) is 95.1 Å². The van der Waals surface area contributed by atoms with Crippen molar-refractivity contribution in [1.82, 2.24) is 10.3 Å². The molecule has 2 aromatic carbocycles. The molecular weight excluding hydrogens is 383 g/mol. The number of nitrogens with one attached hydrogen (secondary N) is 2. The van der Waals surface area contributed by atoms with Crippen LogP contribution in [-0.2, 0) is 6.42 Å². The number of amides is 2. The molecule has 0 aliphatic carbocycles. The molecule has 1 heterocycles. The van der Waals surface area contributed by atoms with Gasteiger partial charge in [0.2, 0.25) is 0 Å². The summed E-state index contributed by atoms with van der Waals surface area (Å²) in [6, 6.07) is 11.6. The van der Waals surface area contributed by atoms with Crippen LogP contribution < -0.4 is 10.6 Å². The Hall–Kier alpha value is -3.68. The topological polar surface area (TPSA) is 71.1 Å². The minimum atomic E-state index is -0.930. The fourth-order valence-corrected chi connectivity index (χ4v) is 2.59. The quantitative estimate of drug-likeness (QED) is 0.664. The minimum absolute atomic E-state index is 0.115. The van der Waals surface area contributed by atoms with Crippen LogP contribution in [0.4, 0.5) is 18.9 Å². The van der Waals surface area contributed by atoms with Gasteiger partial charge in [0.1, 0.15) is 23.1 Å². The Balaban J connectivity index is 1.63. The Morgan fingerprint density at radius 1 is 0.897 bits per heavy atom. The van der Waals surface area contributed by atoms with Gasteiger partial charge in [-0.05, 0) is 42.3 Å². The molecule has 3 rings (SSSR count). The highest BCUT2D eigenvalue weighted by atomic mass is 19.1. The zero-order chi connectivity index (χ0) is 20.8. The lowest BCUT2D eigenvalue weighted by Crippen LogP contribution is -2.26. The Morgan fingerprint density at radius 2 is 1.69 bits per heavy atom. The van der Waals surface area contributed by atoms with E-state index >= 15 is 0 Å². The molecule has 8 heteroatoms. The van der Waals surface area contributed by atoms with Crippen molar-refractivity contribution >= 4 is 17.5 Å². The average molecular weight is 399 g/mol. The molecule has 2 amide bonds. The van der Waals surface area contributed by atoms with Gasteiger partial charge < -0.3 is 10.6 Å². The Labute approximate surface area is 164 Å². The van der Waals surface area contributed by atoms with Gasteiger partial charge in [-0.3, -0.25) is 14.6 Å². The van der Waals surface area contributed by atoms with Crippen molar-refractivity contribution in [1.29, 1.82) is 0 Å². The number of nitrogens with zero attached hydrogens (tertiary/aromatic N) is 1. The summed E-state index contributed by atoms with van der Waals surface area (Å²) < 4.78 is 40.2. The van der Waals surface area contributed by atoms with Gasteiger partial charge in [0, 0.05) is 24.4 Å². The van der Waals surface area contributed by atoms with Gasteiger partial charge in [-0.1, -0.05) is 18.2 Å². The van der Waals surface area contributed by atoms with E-state index < -0.39 is 23.4 Å². The summed E-state index contributed by atoms with van der Waals surface area (Å²) >= 11 is 0. The fraction of sp³-hybridized carbons (Fsp3) is 0.0952. The Kier molecular flexibility index (Phi) is 6.23. The van der Waals surface area contributed by atoms with Gasteiger partial charge in [-0.15, -0.1) is 0 Å². The van der Waals surface area contributed by atoms with Crippen LogP contribution in [-0.4, -0.2) is 23.3 Å². The summed E-state index contributed by atoms with van der Waals surface area (Å²) in [7, 11) is 0. The van der Waals surface area contributed by atoms with Crippen LogP contribution in [0, 0.1) is 17.5 Å². The second kappa shape index (κ2) is 9.01. The third-order valence-electron chi connectivity index (χ3n) is 4.07. The number of aromatic nitrogens is 1. The first kappa shape index (κ1) is 20.1. The summed E-state index contributed by atoms with van der Waals surface area (Å²) in [4.78, 5) is 28.4. The smallest absolute Gasteiger partial charge is 0.274 e. The molecule has 0 atom stereocenters. The molecule has 0 bridgehead atoms. The summed E-state index contributed by atoms with van der Waals surface area (Å²) in [5, 5.41) is 4.91. The normalized spacial score (nSPS) is 10.4. The number of pyridine rings is 1. The van der Waals surface area contributed by atoms with Crippen LogP contribution in [0.25, 0.3) is 0 Å². The average Bonchev–Trinajstić information content (AvgIpc) is 2.71. The highest BCUT2D eigenvalue weighted by Crippen LogP contribution is 2.16. The number of halogens is 3. The summed E-state index contributed by atoms with van der Waals surface area (Å²) in [5.74, 6) is -3.27. The van der Waals surface area contributed by atoms with E-state index in [2.05, 4.69) is 15.6 Å². The highest BCUT2D eigenvalue weighted by Gasteiger charge is 2.14. The lowest BCUT2D eigenvalue weighted by Gasteiger charge is -2.08. The number of anilines is 1. The van der Waals surface area contributed by atoms with E-state index in [4.69, 9.17) is 0 Å². The lowest BCUT2D eigenvalue weighted by molar-refractivity contribution is 0.0954. The maximum Gasteiger partial charge on any atom is 0.274 e. The standard InChI is InChI=1S/C21H16F3N3O2/c22-15-5-6-18(17(24)12-15)27-21(29)19-11-14(8-9-25-19)20(28)26-10-7-13-3-1-2-4-16(13)23/h1-6,8-9,11-12H,7,10H2,(H,26,28)(H,27,29). The second-order valence-electron chi connectivity index (χ2n) is 6.11. The zero-order valence-corrected chi connectivity index (χ0v) is 15.1. The Morgan fingerprint density at radius 3 is 2.45 bits per heavy atom. The number of hydrogen-bond donors (Lipinski definition) is 2. The summed E-state index contributed by atoms with van der Waals surface area (Å²) in [5.41, 5.74) is 0.315. The van der Waals surface area contributed by atoms with Crippen molar-refractivity contribution < 1.29 is 22.8 Å². The van der Waals surface area contributed by atoms with Gasteiger partial charge in [-0.25, -0.2) is 13.2 Å². The van der Waals surface area contributed by atoms with Gasteiger partial charge in [0.15, 0.2) is 0 Å². The molecule has 3 aromatic rings. The van der Waals surface area contributed by atoms with E-state index in [0.717, 1.165) is 12.1 Å². The van der Waals surface area contributed by atoms with Crippen molar-refractivity contribution in [2.45, 2.75) is 6.42 Å². The first-order valence-electron chi connectivity index (χ1n) is 8.68. The molecule has 0 aliphatic heterocycles. The number of hydrogen-bond acceptors (Lipinski definition) is 3. The summed E-state index contributed by atoms with van der Waals surface area (Å²) in [6.45, 7) is 0.199. The van der Waals surface area contributed by atoms with Gasteiger partial charge >= 0.3 is 0 Å². The van der Waals surface area contributed by atoms with Crippen LogP contribution in [0.2, 0.25) is 0 Å². The number of rotatable bonds is 6. The number of benzene rings is 2. The van der Waals surface area contributed by atoms with Gasteiger partial charge in [-0.2, -0.15) is 0 Å². The molecular formula is C21H16F3N3O2. The second-order valence-corrected chi connectivity index (χ2v) is 6.11. The van der Waals surface area contributed by atoms with E-state index in [0.29, 0.717) is 18.1 Å². The van der Waals surface area contributed by atoms with E-state index in [1.807, 2.05) is 0 Å². The number of carbonyl (C=O) groups is 2. The van der Waals surface area contributed by atoms with Crippen molar-refractivity contribution in [3.63, 3.8) is 0 Å².